The Labute approximate surface area is 153 Å². The minimum Gasteiger partial charge on any atom is -0.338 e. The lowest BCUT2D eigenvalue weighted by atomic mass is 9.88. The maximum absolute atomic E-state index is 13.0. The Kier molecular flexibility index (Phi) is 4.45. The molecule has 2 amide bonds. The molecular formula is C21H23N3O2. The first-order valence-corrected chi connectivity index (χ1v) is 9.16. The number of piperidine rings is 1. The number of fused-ring (bicyclic) bond motifs is 1. The van der Waals surface area contributed by atoms with Crippen LogP contribution in [-0.4, -0.2) is 46.2 Å². The van der Waals surface area contributed by atoms with Gasteiger partial charge in [0.2, 0.25) is 5.91 Å². The maximum Gasteiger partial charge on any atom is 0.254 e. The molecule has 5 nitrogen and oxygen atoms in total. The monoisotopic (exact) mass is 349 g/mol. The van der Waals surface area contributed by atoms with Gasteiger partial charge in [-0.05, 0) is 42.5 Å². The van der Waals surface area contributed by atoms with Gasteiger partial charge in [0.15, 0.2) is 0 Å². The summed E-state index contributed by atoms with van der Waals surface area (Å²) >= 11 is 0. The SMILES string of the molecule is Cc1ccccc1C(=O)N1C[C@@H]2CCN(Cc3cccnc3)C(=O)[C@H]2C1. The number of amides is 2. The van der Waals surface area contributed by atoms with E-state index in [0.29, 0.717) is 19.6 Å². The van der Waals surface area contributed by atoms with E-state index >= 15 is 0 Å². The van der Waals surface area contributed by atoms with Crippen LogP contribution in [0.5, 0.6) is 0 Å². The summed E-state index contributed by atoms with van der Waals surface area (Å²) in [6.45, 7) is 4.52. The van der Waals surface area contributed by atoms with Crippen molar-refractivity contribution in [1.29, 1.82) is 0 Å². The first-order chi connectivity index (χ1) is 12.6. The molecule has 2 aromatic rings. The van der Waals surface area contributed by atoms with E-state index in [1.54, 1.807) is 6.20 Å². The fourth-order valence-electron chi connectivity index (χ4n) is 4.13. The summed E-state index contributed by atoms with van der Waals surface area (Å²) in [5.41, 5.74) is 2.77. The Morgan fingerprint density at radius 1 is 1.19 bits per heavy atom. The standard InChI is InChI=1S/C21H23N3O2/c1-15-5-2-3-7-18(15)20(25)24-13-17-8-10-23(21(26)19(17)14-24)12-16-6-4-9-22-11-16/h2-7,9,11,17,19H,8,10,12-14H2,1H3/t17-,19-/m0/s1. The number of aryl methyl sites for hydroxylation is 1. The average molecular weight is 349 g/mol. The van der Waals surface area contributed by atoms with Crippen LogP contribution in [0.2, 0.25) is 0 Å². The van der Waals surface area contributed by atoms with E-state index in [2.05, 4.69) is 4.98 Å². The van der Waals surface area contributed by atoms with Gasteiger partial charge in [0, 0.05) is 44.1 Å². The lowest BCUT2D eigenvalue weighted by molar-refractivity contribution is -0.140. The summed E-state index contributed by atoms with van der Waals surface area (Å²) in [5, 5.41) is 0. The Morgan fingerprint density at radius 3 is 2.81 bits per heavy atom. The molecule has 26 heavy (non-hydrogen) atoms. The number of carbonyl (C=O) groups is 2. The summed E-state index contributed by atoms with van der Waals surface area (Å²) < 4.78 is 0. The van der Waals surface area contributed by atoms with Crippen molar-refractivity contribution in [2.75, 3.05) is 19.6 Å². The van der Waals surface area contributed by atoms with E-state index in [0.717, 1.165) is 29.7 Å². The third-order valence-electron chi connectivity index (χ3n) is 5.60. The van der Waals surface area contributed by atoms with Gasteiger partial charge >= 0.3 is 0 Å². The zero-order chi connectivity index (χ0) is 18.1. The normalized spacial score (nSPS) is 22.4. The molecule has 2 atom stereocenters. The van der Waals surface area contributed by atoms with Crippen LogP contribution in [0.25, 0.3) is 0 Å². The van der Waals surface area contributed by atoms with Crippen LogP contribution in [0.4, 0.5) is 0 Å². The second kappa shape index (κ2) is 6.90. The highest BCUT2D eigenvalue weighted by Gasteiger charge is 2.44. The number of likely N-dealkylation sites (tertiary alicyclic amines) is 2. The molecular weight excluding hydrogens is 326 g/mol. The number of hydrogen-bond acceptors (Lipinski definition) is 3. The molecule has 2 aliphatic rings. The van der Waals surface area contributed by atoms with Crippen molar-refractivity contribution >= 4 is 11.8 Å². The lowest BCUT2D eigenvalue weighted by Gasteiger charge is -2.33. The highest BCUT2D eigenvalue weighted by Crippen LogP contribution is 2.33. The molecule has 0 aliphatic carbocycles. The first kappa shape index (κ1) is 16.8. The molecule has 2 fully saturated rings. The van der Waals surface area contributed by atoms with Crippen LogP contribution in [0.1, 0.15) is 27.9 Å². The quantitative estimate of drug-likeness (QED) is 0.856. The van der Waals surface area contributed by atoms with Gasteiger partial charge in [-0.15, -0.1) is 0 Å². The zero-order valence-corrected chi connectivity index (χ0v) is 15.0. The molecule has 1 aromatic heterocycles. The summed E-state index contributed by atoms with van der Waals surface area (Å²) in [4.78, 5) is 33.7. The van der Waals surface area contributed by atoms with Gasteiger partial charge in [-0.25, -0.2) is 0 Å². The van der Waals surface area contributed by atoms with Crippen LogP contribution in [0.3, 0.4) is 0 Å². The number of pyridine rings is 1. The highest BCUT2D eigenvalue weighted by atomic mass is 16.2. The van der Waals surface area contributed by atoms with Gasteiger partial charge in [-0.1, -0.05) is 24.3 Å². The third-order valence-corrected chi connectivity index (χ3v) is 5.60. The number of nitrogens with zero attached hydrogens (tertiary/aromatic N) is 3. The van der Waals surface area contributed by atoms with E-state index in [9.17, 15) is 9.59 Å². The molecule has 0 unspecified atom stereocenters. The molecule has 3 heterocycles. The van der Waals surface area contributed by atoms with Crippen molar-refractivity contribution in [3.05, 3.63) is 65.5 Å². The molecule has 5 heteroatoms. The van der Waals surface area contributed by atoms with Gasteiger partial charge in [0.25, 0.3) is 5.91 Å². The van der Waals surface area contributed by atoms with E-state index in [4.69, 9.17) is 0 Å². The van der Waals surface area contributed by atoms with Gasteiger partial charge in [-0.2, -0.15) is 0 Å². The summed E-state index contributed by atoms with van der Waals surface area (Å²) in [5.74, 6) is 0.420. The topological polar surface area (TPSA) is 53.5 Å². The van der Waals surface area contributed by atoms with E-state index < -0.39 is 0 Å². The predicted octanol–water partition coefficient (Wildman–Crippen LogP) is 2.51. The predicted molar refractivity (Wildman–Crippen MR) is 98.3 cm³/mol. The Bertz CT molecular complexity index is 821. The first-order valence-electron chi connectivity index (χ1n) is 9.16. The fraction of sp³-hybridized carbons (Fsp3) is 0.381. The van der Waals surface area contributed by atoms with Gasteiger partial charge in [0.1, 0.15) is 0 Å². The average Bonchev–Trinajstić information content (AvgIpc) is 3.10. The van der Waals surface area contributed by atoms with Gasteiger partial charge in [-0.3, -0.25) is 14.6 Å². The molecule has 0 saturated carbocycles. The zero-order valence-electron chi connectivity index (χ0n) is 15.0. The number of aromatic nitrogens is 1. The largest absolute Gasteiger partial charge is 0.338 e. The van der Waals surface area contributed by atoms with Crippen molar-refractivity contribution < 1.29 is 9.59 Å². The number of rotatable bonds is 3. The molecule has 1 aromatic carbocycles. The Hall–Kier alpha value is -2.69. The molecule has 134 valence electrons. The molecule has 0 radical (unpaired) electrons. The van der Waals surface area contributed by atoms with Crippen LogP contribution < -0.4 is 0 Å². The minimum atomic E-state index is -0.0756. The molecule has 0 N–H and O–H groups in total. The second-order valence-electron chi connectivity index (χ2n) is 7.30. The van der Waals surface area contributed by atoms with Crippen molar-refractivity contribution in [2.45, 2.75) is 19.9 Å². The summed E-state index contributed by atoms with van der Waals surface area (Å²) in [6.07, 6.45) is 4.50. The van der Waals surface area contributed by atoms with E-state index in [-0.39, 0.29) is 23.7 Å². The highest BCUT2D eigenvalue weighted by molar-refractivity contribution is 5.96. The molecule has 2 saturated heterocycles. The van der Waals surface area contributed by atoms with Crippen LogP contribution in [0.15, 0.2) is 48.8 Å². The van der Waals surface area contributed by atoms with Crippen molar-refractivity contribution in [2.24, 2.45) is 11.8 Å². The van der Waals surface area contributed by atoms with Gasteiger partial charge in [0.05, 0.1) is 5.92 Å². The second-order valence-corrected chi connectivity index (χ2v) is 7.30. The van der Waals surface area contributed by atoms with Gasteiger partial charge < -0.3 is 9.80 Å². The summed E-state index contributed by atoms with van der Waals surface area (Å²) in [7, 11) is 0. The van der Waals surface area contributed by atoms with Crippen molar-refractivity contribution in [3.63, 3.8) is 0 Å². The third kappa shape index (κ3) is 3.09. The minimum absolute atomic E-state index is 0.0455. The van der Waals surface area contributed by atoms with Crippen LogP contribution in [-0.2, 0) is 11.3 Å². The molecule has 0 spiro atoms. The lowest BCUT2D eigenvalue weighted by Crippen LogP contribution is -2.44. The van der Waals surface area contributed by atoms with E-state index in [1.807, 2.05) is 59.3 Å². The van der Waals surface area contributed by atoms with Crippen molar-refractivity contribution in [3.8, 4) is 0 Å². The van der Waals surface area contributed by atoms with Crippen LogP contribution >= 0.6 is 0 Å². The van der Waals surface area contributed by atoms with E-state index in [1.165, 1.54) is 0 Å². The fourth-order valence-corrected chi connectivity index (χ4v) is 4.13. The Morgan fingerprint density at radius 2 is 2.04 bits per heavy atom. The number of carbonyl (C=O) groups excluding carboxylic acids is 2. The maximum atomic E-state index is 13.0. The molecule has 4 rings (SSSR count). The number of benzene rings is 1. The Balaban J connectivity index is 1.46. The molecule has 2 aliphatic heterocycles. The molecule has 0 bridgehead atoms. The number of hydrogen-bond donors (Lipinski definition) is 0. The van der Waals surface area contributed by atoms with Crippen molar-refractivity contribution in [1.82, 2.24) is 14.8 Å². The smallest absolute Gasteiger partial charge is 0.254 e. The summed E-state index contributed by atoms with van der Waals surface area (Å²) in [6, 6.07) is 11.5. The van der Waals surface area contributed by atoms with Crippen LogP contribution in [0, 0.1) is 18.8 Å².